The molecule has 0 amide bonds. The van der Waals surface area contributed by atoms with E-state index in [-0.39, 0.29) is 6.04 Å². The molecule has 80 valence electrons. The molecule has 1 rings (SSSR count). The average Bonchev–Trinajstić information content (AvgIpc) is 2.28. The predicted octanol–water partition coefficient (Wildman–Crippen LogP) is 1.50. The summed E-state index contributed by atoms with van der Waals surface area (Å²) in [5.74, 6) is 1.03. The third-order valence-electron chi connectivity index (χ3n) is 2.00. The molecule has 0 aliphatic rings. The maximum Gasteiger partial charge on any atom is 0.235 e. The maximum atomic E-state index is 10.2. The molecule has 1 atom stereocenters. The first-order chi connectivity index (χ1) is 7.22. The normalized spacial score (nSPS) is 11.4. The Kier molecular flexibility index (Phi) is 3.83. The Labute approximate surface area is 87.8 Å². The number of ether oxygens (including phenoxy) is 2. The molecule has 0 radical (unpaired) electrons. The van der Waals surface area contributed by atoms with Crippen LogP contribution in [0.3, 0.4) is 0 Å². The van der Waals surface area contributed by atoms with Crippen LogP contribution in [0.5, 0.6) is 11.6 Å². The van der Waals surface area contributed by atoms with Gasteiger partial charge in [-0.25, -0.2) is 9.78 Å². The predicted molar refractivity (Wildman–Crippen MR) is 53.9 cm³/mol. The van der Waals surface area contributed by atoms with Gasteiger partial charge in [0.25, 0.3) is 0 Å². The van der Waals surface area contributed by atoms with Crippen molar-refractivity contribution in [1.29, 1.82) is 0 Å². The zero-order valence-corrected chi connectivity index (χ0v) is 8.85. The lowest BCUT2D eigenvalue weighted by molar-refractivity contribution is 0.382. The zero-order chi connectivity index (χ0) is 11.3. The lowest BCUT2D eigenvalue weighted by atomic mass is 10.1. The largest absolute Gasteiger partial charge is 0.495 e. The maximum absolute atomic E-state index is 10.2. The van der Waals surface area contributed by atoms with Crippen molar-refractivity contribution in [2.24, 2.45) is 4.99 Å². The molecule has 1 aromatic heterocycles. The number of hydrogen-bond donors (Lipinski definition) is 0. The molecule has 1 unspecified atom stereocenters. The van der Waals surface area contributed by atoms with Crippen molar-refractivity contribution in [2.75, 3.05) is 14.2 Å². The van der Waals surface area contributed by atoms with E-state index in [1.807, 2.05) is 0 Å². The molecule has 1 aromatic rings. The van der Waals surface area contributed by atoms with E-state index < -0.39 is 0 Å². The Bertz CT molecular complexity index is 386. The van der Waals surface area contributed by atoms with E-state index in [0.29, 0.717) is 11.6 Å². The summed E-state index contributed by atoms with van der Waals surface area (Å²) in [4.78, 5) is 17.8. The summed E-state index contributed by atoms with van der Waals surface area (Å²) in [6, 6.07) is 1.36. The van der Waals surface area contributed by atoms with Crippen molar-refractivity contribution in [1.82, 2.24) is 4.98 Å². The fourth-order valence-electron chi connectivity index (χ4n) is 1.20. The van der Waals surface area contributed by atoms with Gasteiger partial charge in [0.15, 0.2) is 0 Å². The highest BCUT2D eigenvalue weighted by Crippen LogP contribution is 2.28. The van der Waals surface area contributed by atoms with Crippen LogP contribution in [-0.2, 0) is 4.79 Å². The number of rotatable bonds is 4. The van der Waals surface area contributed by atoms with Crippen LogP contribution in [0.1, 0.15) is 18.5 Å². The quantitative estimate of drug-likeness (QED) is 0.555. The van der Waals surface area contributed by atoms with Crippen LogP contribution >= 0.6 is 0 Å². The van der Waals surface area contributed by atoms with Crippen LogP contribution in [0.2, 0.25) is 0 Å². The summed E-state index contributed by atoms with van der Waals surface area (Å²) in [7, 11) is 3.05. The van der Waals surface area contributed by atoms with Crippen LogP contribution in [0.25, 0.3) is 0 Å². The smallest absolute Gasteiger partial charge is 0.235 e. The van der Waals surface area contributed by atoms with Gasteiger partial charge in [0.05, 0.1) is 26.5 Å². The zero-order valence-electron chi connectivity index (χ0n) is 8.85. The van der Waals surface area contributed by atoms with Gasteiger partial charge in [-0.1, -0.05) is 0 Å². The summed E-state index contributed by atoms with van der Waals surface area (Å²) in [5.41, 5.74) is 0.743. The van der Waals surface area contributed by atoms with E-state index in [1.54, 1.807) is 13.0 Å². The van der Waals surface area contributed by atoms with E-state index in [2.05, 4.69) is 9.98 Å². The molecule has 5 heteroatoms. The number of carbonyl (C=O) groups excluding carboxylic acids is 1. The fraction of sp³-hybridized carbons (Fsp3) is 0.400. The van der Waals surface area contributed by atoms with Crippen molar-refractivity contribution in [3.63, 3.8) is 0 Å². The van der Waals surface area contributed by atoms with Crippen molar-refractivity contribution in [2.45, 2.75) is 13.0 Å². The van der Waals surface area contributed by atoms with E-state index in [4.69, 9.17) is 9.47 Å². The van der Waals surface area contributed by atoms with Crippen LogP contribution < -0.4 is 9.47 Å². The third-order valence-corrected chi connectivity index (χ3v) is 2.00. The van der Waals surface area contributed by atoms with Crippen LogP contribution in [0, 0.1) is 0 Å². The highest BCUT2D eigenvalue weighted by Gasteiger charge is 2.12. The average molecular weight is 208 g/mol. The minimum absolute atomic E-state index is 0.325. The summed E-state index contributed by atoms with van der Waals surface area (Å²) < 4.78 is 10.1. The van der Waals surface area contributed by atoms with E-state index in [0.717, 1.165) is 5.56 Å². The van der Waals surface area contributed by atoms with Gasteiger partial charge in [0.2, 0.25) is 12.0 Å². The molecule has 0 aliphatic carbocycles. The van der Waals surface area contributed by atoms with Crippen molar-refractivity contribution < 1.29 is 14.3 Å². The fourth-order valence-corrected chi connectivity index (χ4v) is 1.20. The molecule has 0 saturated carbocycles. The molecule has 0 fully saturated rings. The minimum atomic E-state index is -0.325. The molecule has 0 aliphatic heterocycles. The second-order valence-electron chi connectivity index (χ2n) is 2.86. The van der Waals surface area contributed by atoms with E-state index >= 15 is 0 Å². The Balaban J connectivity index is 3.16. The van der Waals surface area contributed by atoms with Crippen molar-refractivity contribution in [3.8, 4) is 11.6 Å². The standard InChI is InChI=1S/C10H12N2O3/c1-7(12-6-13)8-4-10(15-3)11-5-9(8)14-2/h4-5,7H,1-3H3. The first kappa shape index (κ1) is 11.2. The molecule has 15 heavy (non-hydrogen) atoms. The second-order valence-corrected chi connectivity index (χ2v) is 2.86. The molecule has 0 saturated heterocycles. The number of aromatic nitrogens is 1. The first-order valence-electron chi connectivity index (χ1n) is 4.37. The first-order valence-corrected chi connectivity index (χ1v) is 4.37. The Morgan fingerprint density at radius 2 is 2.20 bits per heavy atom. The molecule has 5 nitrogen and oxygen atoms in total. The molecule has 1 heterocycles. The highest BCUT2D eigenvalue weighted by atomic mass is 16.5. The molecular formula is C10H12N2O3. The van der Waals surface area contributed by atoms with Crippen LogP contribution in [-0.4, -0.2) is 25.3 Å². The number of methoxy groups -OCH3 is 2. The van der Waals surface area contributed by atoms with E-state index in [1.165, 1.54) is 26.5 Å². The van der Waals surface area contributed by atoms with Gasteiger partial charge in [-0.2, -0.15) is 4.99 Å². The molecule has 0 spiro atoms. The van der Waals surface area contributed by atoms with Gasteiger partial charge in [-0.05, 0) is 6.92 Å². The van der Waals surface area contributed by atoms with Gasteiger partial charge in [0, 0.05) is 11.6 Å². The number of isocyanates is 1. The number of aliphatic imine (C=N–C) groups is 1. The Morgan fingerprint density at radius 1 is 1.47 bits per heavy atom. The summed E-state index contributed by atoms with van der Waals surface area (Å²) in [6.45, 7) is 1.77. The number of nitrogens with zero attached hydrogens (tertiary/aromatic N) is 2. The monoisotopic (exact) mass is 208 g/mol. The van der Waals surface area contributed by atoms with Gasteiger partial charge in [-0.3, -0.25) is 0 Å². The number of hydrogen-bond acceptors (Lipinski definition) is 5. The van der Waals surface area contributed by atoms with Crippen LogP contribution in [0.4, 0.5) is 0 Å². The summed E-state index contributed by atoms with van der Waals surface area (Å²) in [6.07, 6.45) is 3.05. The minimum Gasteiger partial charge on any atom is -0.495 e. The third kappa shape index (κ3) is 2.54. The number of pyridine rings is 1. The van der Waals surface area contributed by atoms with Gasteiger partial charge >= 0.3 is 0 Å². The SMILES string of the molecule is COc1cc(C(C)N=C=O)c(OC)cn1. The molecular weight excluding hydrogens is 196 g/mol. The topological polar surface area (TPSA) is 60.8 Å². The van der Waals surface area contributed by atoms with Crippen molar-refractivity contribution in [3.05, 3.63) is 17.8 Å². The lowest BCUT2D eigenvalue weighted by Crippen LogP contribution is -1.98. The molecule has 0 N–H and O–H groups in total. The van der Waals surface area contributed by atoms with Crippen molar-refractivity contribution >= 4 is 6.08 Å². The van der Waals surface area contributed by atoms with Crippen LogP contribution in [0.15, 0.2) is 17.3 Å². The Morgan fingerprint density at radius 3 is 2.73 bits per heavy atom. The van der Waals surface area contributed by atoms with Gasteiger partial charge < -0.3 is 9.47 Å². The van der Waals surface area contributed by atoms with Gasteiger partial charge in [-0.15, -0.1) is 0 Å². The van der Waals surface area contributed by atoms with E-state index in [9.17, 15) is 4.79 Å². The molecule has 0 aromatic carbocycles. The van der Waals surface area contributed by atoms with Gasteiger partial charge in [0.1, 0.15) is 5.75 Å². The lowest BCUT2D eigenvalue weighted by Gasteiger charge is -2.11. The summed E-state index contributed by atoms with van der Waals surface area (Å²) >= 11 is 0. The summed E-state index contributed by atoms with van der Waals surface area (Å²) in [5, 5.41) is 0. The molecule has 0 bridgehead atoms. The Hall–Kier alpha value is -1.87. The second kappa shape index (κ2) is 5.12. The highest BCUT2D eigenvalue weighted by molar-refractivity contribution is 5.40.